The molecule has 0 aromatic heterocycles. The van der Waals surface area contributed by atoms with E-state index in [1.165, 1.54) is 12.1 Å². The monoisotopic (exact) mass is 386 g/mol. The molecule has 148 valence electrons. The Morgan fingerprint density at radius 2 is 0.964 bits per heavy atom. The average Bonchev–Trinajstić information content (AvgIpc) is 2.74. The first-order valence-corrected chi connectivity index (χ1v) is 9.66. The lowest BCUT2D eigenvalue weighted by Gasteiger charge is -2.41. The zero-order valence-electron chi connectivity index (χ0n) is 15.7. The average molecular weight is 386 g/mol. The van der Waals surface area contributed by atoms with Gasteiger partial charge in [0.1, 0.15) is 11.6 Å². The number of rotatable bonds is 2. The zero-order valence-corrected chi connectivity index (χ0v) is 15.7. The van der Waals surface area contributed by atoms with Crippen LogP contribution in [0.15, 0.2) is 48.5 Å². The molecule has 2 saturated heterocycles. The van der Waals surface area contributed by atoms with Crippen molar-refractivity contribution >= 4 is 17.4 Å². The van der Waals surface area contributed by atoms with Crippen LogP contribution in [-0.2, 0) is 0 Å². The van der Waals surface area contributed by atoms with Gasteiger partial charge in [-0.05, 0) is 24.3 Å². The number of piperazine rings is 2. The second-order valence-corrected chi connectivity index (χ2v) is 7.13. The predicted molar refractivity (Wildman–Crippen MR) is 106 cm³/mol. The lowest BCUT2D eigenvalue weighted by molar-refractivity contribution is 0.147. The van der Waals surface area contributed by atoms with Gasteiger partial charge in [-0.25, -0.2) is 13.6 Å². The first-order chi connectivity index (χ1) is 13.6. The summed E-state index contributed by atoms with van der Waals surface area (Å²) in [4.78, 5) is 20.5. The molecule has 0 aliphatic carbocycles. The summed E-state index contributed by atoms with van der Waals surface area (Å²) in [6.07, 6.45) is 0. The first kappa shape index (κ1) is 18.5. The lowest BCUT2D eigenvalue weighted by atomic mass is 10.2. The number of hydrogen-bond acceptors (Lipinski definition) is 3. The van der Waals surface area contributed by atoms with E-state index in [9.17, 15) is 13.6 Å². The summed E-state index contributed by atoms with van der Waals surface area (Å²) in [5.74, 6) is -0.460. The van der Waals surface area contributed by atoms with E-state index in [1.54, 1.807) is 24.3 Å². The van der Waals surface area contributed by atoms with Crippen LogP contribution >= 0.6 is 0 Å². The molecule has 0 radical (unpaired) electrons. The van der Waals surface area contributed by atoms with Crippen molar-refractivity contribution in [2.24, 2.45) is 0 Å². The van der Waals surface area contributed by atoms with Gasteiger partial charge in [0.05, 0.1) is 11.4 Å². The first-order valence-electron chi connectivity index (χ1n) is 9.66. The van der Waals surface area contributed by atoms with Gasteiger partial charge in [-0.15, -0.1) is 0 Å². The van der Waals surface area contributed by atoms with Gasteiger partial charge in [0, 0.05) is 52.4 Å². The smallest absolute Gasteiger partial charge is 0.320 e. The highest BCUT2D eigenvalue weighted by Gasteiger charge is 2.29. The molecule has 28 heavy (non-hydrogen) atoms. The molecule has 2 fully saturated rings. The van der Waals surface area contributed by atoms with Crippen LogP contribution in [0.1, 0.15) is 0 Å². The molecule has 2 aromatic carbocycles. The number of para-hydroxylation sites is 2. The van der Waals surface area contributed by atoms with Gasteiger partial charge in [0.15, 0.2) is 0 Å². The SMILES string of the molecule is O=C(N1CCN(c2ccccc2F)CC1)N1CCN(c2ccccc2F)CC1. The molecule has 2 aromatic rings. The molecular formula is C21H24F2N4O. The van der Waals surface area contributed by atoms with Crippen LogP contribution in [0.25, 0.3) is 0 Å². The maximum atomic E-state index is 14.0. The topological polar surface area (TPSA) is 30.0 Å². The largest absolute Gasteiger partial charge is 0.366 e. The molecule has 5 nitrogen and oxygen atoms in total. The van der Waals surface area contributed by atoms with Crippen LogP contribution in [0.5, 0.6) is 0 Å². The molecule has 0 N–H and O–H groups in total. The Morgan fingerprint density at radius 3 is 1.32 bits per heavy atom. The standard InChI is InChI=1S/C21H24F2N4O/c22-17-5-1-3-7-19(17)24-9-13-26(14-10-24)21(28)27-15-11-25(12-16-27)20-8-4-2-6-18(20)23/h1-8H,9-16H2. The van der Waals surface area contributed by atoms with E-state index < -0.39 is 0 Å². The van der Waals surface area contributed by atoms with Crippen LogP contribution in [-0.4, -0.2) is 68.2 Å². The lowest BCUT2D eigenvalue weighted by Crippen LogP contribution is -2.57. The summed E-state index contributed by atoms with van der Waals surface area (Å²) < 4.78 is 27.9. The Hall–Kier alpha value is -2.83. The Morgan fingerprint density at radius 1 is 0.607 bits per heavy atom. The molecular weight excluding hydrogens is 362 g/mol. The molecule has 0 saturated carbocycles. The van der Waals surface area contributed by atoms with Gasteiger partial charge < -0.3 is 19.6 Å². The second-order valence-electron chi connectivity index (χ2n) is 7.13. The van der Waals surface area contributed by atoms with Crippen LogP contribution in [0.3, 0.4) is 0 Å². The number of hydrogen-bond donors (Lipinski definition) is 0. The third-order valence-corrected chi connectivity index (χ3v) is 5.49. The van der Waals surface area contributed by atoms with E-state index in [0.717, 1.165) is 0 Å². The molecule has 7 heteroatoms. The van der Waals surface area contributed by atoms with Crippen molar-refractivity contribution in [2.45, 2.75) is 0 Å². The highest BCUT2D eigenvalue weighted by molar-refractivity contribution is 5.75. The summed E-state index contributed by atoms with van der Waals surface area (Å²) in [5, 5.41) is 0. The van der Waals surface area contributed by atoms with Gasteiger partial charge in [0.25, 0.3) is 0 Å². The van der Waals surface area contributed by atoms with Gasteiger partial charge in [-0.3, -0.25) is 0 Å². The van der Waals surface area contributed by atoms with Crippen molar-refractivity contribution in [1.29, 1.82) is 0 Å². The van der Waals surface area contributed by atoms with Gasteiger partial charge in [0.2, 0.25) is 0 Å². The molecule has 2 amide bonds. The van der Waals surface area contributed by atoms with Crippen molar-refractivity contribution in [3.05, 3.63) is 60.2 Å². The molecule has 0 atom stereocenters. The van der Waals surface area contributed by atoms with Gasteiger partial charge >= 0.3 is 6.03 Å². The molecule has 2 heterocycles. The summed E-state index contributed by atoms with van der Waals surface area (Å²) in [6, 6.07) is 13.5. The van der Waals surface area contributed by atoms with Crippen molar-refractivity contribution in [2.75, 3.05) is 62.2 Å². The molecule has 0 bridgehead atoms. The predicted octanol–water partition coefficient (Wildman–Crippen LogP) is 3.03. The molecule has 4 rings (SSSR count). The minimum absolute atomic E-state index is 0.0152. The summed E-state index contributed by atoms with van der Waals surface area (Å²) >= 11 is 0. The number of benzene rings is 2. The van der Waals surface area contributed by atoms with Crippen molar-refractivity contribution in [3.8, 4) is 0 Å². The highest BCUT2D eigenvalue weighted by Crippen LogP contribution is 2.22. The number of urea groups is 1. The summed E-state index contributed by atoms with van der Waals surface area (Å²) in [7, 11) is 0. The molecule has 2 aliphatic rings. The zero-order chi connectivity index (χ0) is 19.5. The Kier molecular flexibility index (Phi) is 5.32. The van der Waals surface area contributed by atoms with Crippen molar-refractivity contribution in [3.63, 3.8) is 0 Å². The van der Waals surface area contributed by atoms with E-state index in [4.69, 9.17) is 0 Å². The fraction of sp³-hybridized carbons (Fsp3) is 0.381. The van der Waals surface area contributed by atoms with Gasteiger partial charge in [-0.2, -0.15) is 0 Å². The fourth-order valence-corrected chi connectivity index (χ4v) is 3.89. The van der Waals surface area contributed by atoms with E-state index >= 15 is 0 Å². The second kappa shape index (κ2) is 8.04. The summed E-state index contributed by atoms with van der Waals surface area (Å²) in [5.41, 5.74) is 1.18. The van der Waals surface area contributed by atoms with Crippen molar-refractivity contribution in [1.82, 2.24) is 9.80 Å². The van der Waals surface area contributed by atoms with E-state index in [0.29, 0.717) is 63.7 Å². The molecule has 0 spiro atoms. The van der Waals surface area contributed by atoms with E-state index in [1.807, 2.05) is 31.7 Å². The fourth-order valence-electron chi connectivity index (χ4n) is 3.89. The highest BCUT2D eigenvalue weighted by atomic mass is 19.1. The van der Waals surface area contributed by atoms with Crippen LogP contribution in [0.2, 0.25) is 0 Å². The number of carbonyl (C=O) groups excluding carboxylic acids is 1. The van der Waals surface area contributed by atoms with Crippen LogP contribution in [0.4, 0.5) is 25.0 Å². The third kappa shape index (κ3) is 3.74. The minimum atomic E-state index is -0.230. The van der Waals surface area contributed by atoms with Gasteiger partial charge in [-0.1, -0.05) is 24.3 Å². The van der Waals surface area contributed by atoms with Crippen molar-refractivity contribution < 1.29 is 13.6 Å². The maximum Gasteiger partial charge on any atom is 0.320 e. The summed E-state index contributed by atoms with van der Waals surface area (Å²) in [6.45, 7) is 4.73. The number of halogens is 2. The number of anilines is 2. The molecule has 2 aliphatic heterocycles. The van der Waals surface area contributed by atoms with E-state index in [-0.39, 0.29) is 17.7 Å². The normalized spacial score (nSPS) is 17.8. The van der Waals surface area contributed by atoms with Crippen LogP contribution in [0, 0.1) is 11.6 Å². The Bertz CT molecular complexity index is 763. The Labute approximate surface area is 163 Å². The quantitative estimate of drug-likeness (QED) is 0.795. The van der Waals surface area contributed by atoms with E-state index in [2.05, 4.69) is 0 Å². The minimum Gasteiger partial charge on any atom is -0.366 e. The number of carbonyl (C=O) groups is 1. The number of amides is 2. The Balaban J connectivity index is 1.31. The maximum absolute atomic E-state index is 14.0. The number of nitrogens with zero attached hydrogens (tertiary/aromatic N) is 4. The third-order valence-electron chi connectivity index (χ3n) is 5.49. The molecule has 0 unspecified atom stereocenters. The van der Waals surface area contributed by atoms with Crippen LogP contribution < -0.4 is 9.80 Å².